The van der Waals surface area contributed by atoms with Gasteiger partial charge in [0.25, 0.3) is 0 Å². The lowest BCUT2D eigenvalue weighted by Crippen LogP contribution is -2.28. The molecule has 0 saturated carbocycles. The molecule has 0 aliphatic rings. The summed E-state index contributed by atoms with van der Waals surface area (Å²) in [5.74, 6) is 0. The number of aromatic nitrogens is 2. The van der Waals surface area contributed by atoms with Crippen LogP contribution >= 0.6 is 0 Å². The van der Waals surface area contributed by atoms with Gasteiger partial charge < -0.3 is 5.73 Å². The van der Waals surface area contributed by atoms with Gasteiger partial charge >= 0.3 is 6.18 Å². The van der Waals surface area contributed by atoms with Crippen molar-refractivity contribution in [3.8, 4) is 0 Å². The Morgan fingerprint density at radius 3 is 2.38 bits per heavy atom. The highest BCUT2D eigenvalue weighted by Crippen LogP contribution is 2.31. The lowest BCUT2D eigenvalue weighted by molar-refractivity contribution is -0.149. The summed E-state index contributed by atoms with van der Waals surface area (Å²) in [6.45, 7) is 1.50. The third-order valence-corrected chi connectivity index (χ3v) is 1.74. The van der Waals surface area contributed by atoms with E-state index < -0.39 is 12.2 Å². The van der Waals surface area contributed by atoms with Crippen molar-refractivity contribution in [2.24, 2.45) is 12.8 Å². The first-order chi connectivity index (χ1) is 5.82. The van der Waals surface area contributed by atoms with Crippen LogP contribution in [0.2, 0.25) is 0 Å². The standard InChI is InChI=1S/C7H10F3N3/c1-4-5(3-13(2)12-4)6(11)7(8,9)10/h3,6H,11H2,1-2H3. The van der Waals surface area contributed by atoms with Crippen LogP contribution in [0.5, 0.6) is 0 Å². The molecule has 0 bridgehead atoms. The summed E-state index contributed by atoms with van der Waals surface area (Å²) in [5.41, 5.74) is 5.34. The zero-order chi connectivity index (χ0) is 10.2. The number of alkyl halides is 3. The van der Waals surface area contributed by atoms with E-state index in [4.69, 9.17) is 5.73 Å². The maximum atomic E-state index is 12.2. The molecule has 1 unspecified atom stereocenters. The molecule has 74 valence electrons. The van der Waals surface area contributed by atoms with Crippen molar-refractivity contribution < 1.29 is 13.2 Å². The van der Waals surface area contributed by atoms with E-state index in [1.54, 1.807) is 7.05 Å². The topological polar surface area (TPSA) is 43.8 Å². The molecule has 0 aliphatic carbocycles. The molecule has 1 aromatic rings. The minimum absolute atomic E-state index is 0.0231. The van der Waals surface area contributed by atoms with E-state index in [9.17, 15) is 13.2 Å². The SMILES string of the molecule is Cc1nn(C)cc1C(N)C(F)(F)F. The number of hydrogen-bond donors (Lipinski definition) is 1. The van der Waals surface area contributed by atoms with Gasteiger partial charge in [0.2, 0.25) is 0 Å². The molecule has 0 aliphatic heterocycles. The molecule has 0 spiro atoms. The molecule has 0 saturated heterocycles. The molecular weight excluding hydrogens is 183 g/mol. The van der Waals surface area contributed by atoms with Crippen LogP contribution in [0.25, 0.3) is 0 Å². The summed E-state index contributed by atoms with van der Waals surface area (Å²) < 4.78 is 37.8. The van der Waals surface area contributed by atoms with Crippen molar-refractivity contribution in [2.75, 3.05) is 0 Å². The predicted octanol–water partition coefficient (Wildman–Crippen LogP) is 1.29. The van der Waals surface area contributed by atoms with Gasteiger partial charge in [-0.3, -0.25) is 4.68 Å². The quantitative estimate of drug-likeness (QED) is 0.730. The number of nitrogens with two attached hydrogens (primary N) is 1. The first-order valence-electron chi connectivity index (χ1n) is 3.65. The van der Waals surface area contributed by atoms with Crippen LogP contribution in [0, 0.1) is 6.92 Å². The van der Waals surface area contributed by atoms with Crippen molar-refractivity contribution >= 4 is 0 Å². The van der Waals surface area contributed by atoms with E-state index in [0.717, 1.165) is 0 Å². The predicted molar refractivity (Wildman–Crippen MR) is 40.9 cm³/mol. The summed E-state index contributed by atoms with van der Waals surface area (Å²) in [4.78, 5) is 0. The van der Waals surface area contributed by atoms with Gasteiger partial charge in [-0.1, -0.05) is 0 Å². The van der Waals surface area contributed by atoms with Crippen LogP contribution in [0.1, 0.15) is 17.3 Å². The lowest BCUT2D eigenvalue weighted by Gasteiger charge is -2.14. The van der Waals surface area contributed by atoms with Crippen LogP contribution in [0.3, 0.4) is 0 Å². The van der Waals surface area contributed by atoms with Crippen molar-refractivity contribution in [3.63, 3.8) is 0 Å². The Hall–Kier alpha value is -1.04. The second-order valence-electron chi connectivity index (χ2n) is 2.86. The highest BCUT2D eigenvalue weighted by molar-refractivity contribution is 5.20. The highest BCUT2D eigenvalue weighted by atomic mass is 19.4. The normalized spacial score (nSPS) is 14.6. The fraction of sp³-hybridized carbons (Fsp3) is 0.571. The summed E-state index contributed by atoms with van der Waals surface area (Å²) >= 11 is 0. The first kappa shape index (κ1) is 10.0. The smallest absolute Gasteiger partial charge is 0.316 e. The van der Waals surface area contributed by atoms with Gasteiger partial charge in [-0.25, -0.2) is 0 Å². The fourth-order valence-electron chi connectivity index (χ4n) is 1.10. The zero-order valence-electron chi connectivity index (χ0n) is 7.26. The van der Waals surface area contributed by atoms with Gasteiger partial charge in [0.15, 0.2) is 0 Å². The monoisotopic (exact) mass is 193 g/mol. The molecule has 0 amide bonds. The highest BCUT2D eigenvalue weighted by Gasteiger charge is 2.39. The lowest BCUT2D eigenvalue weighted by atomic mass is 10.1. The van der Waals surface area contributed by atoms with Crippen molar-refractivity contribution in [1.82, 2.24) is 9.78 Å². The van der Waals surface area contributed by atoms with Gasteiger partial charge in [0, 0.05) is 18.8 Å². The molecule has 0 aromatic carbocycles. The maximum Gasteiger partial charge on any atom is 0.407 e. The van der Waals surface area contributed by atoms with E-state index in [0.29, 0.717) is 5.69 Å². The second-order valence-corrected chi connectivity index (χ2v) is 2.86. The van der Waals surface area contributed by atoms with Crippen molar-refractivity contribution in [2.45, 2.75) is 19.1 Å². The van der Waals surface area contributed by atoms with Crippen LogP contribution in [0.15, 0.2) is 6.20 Å². The Morgan fingerprint density at radius 2 is 2.08 bits per heavy atom. The van der Waals surface area contributed by atoms with Crippen molar-refractivity contribution in [1.29, 1.82) is 0 Å². The van der Waals surface area contributed by atoms with Crippen LogP contribution < -0.4 is 5.73 Å². The Labute approximate surface area is 73.3 Å². The molecular formula is C7H10F3N3. The number of halogens is 3. The maximum absolute atomic E-state index is 12.2. The van der Waals surface area contributed by atoms with Gasteiger partial charge in [0.1, 0.15) is 6.04 Å². The van der Waals surface area contributed by atoms with E-state index in [-0.39, 0.29) is 5.56 Å². The average molecular weight is 193 g/mol. The largest absolute Gasteiger partial charge is 0.407 e. The van der Waals surface area contributed by atoms with Gasteiger partial charge in [-0.2, -0.15) is 18.3 Å². The number of nitrogens with zero attached hydrogens (tertiary/aromatic N) is 2. The van der Waals surface area contributed by atoms with Crippen molar-refractivity contribution in [3.05, 3.63) is 17.5 Å². The third kappa shape index (κ3) is 2.00. The van der Waals surface area contributed by atoms with E-state index >= 15 is 0 Å². The van der Waals surface area contributed by atoms with E-state index in [1.807, 2.05) is 0 Å². The molecule has 1 heterocycles. The number of rotatable bonds is 1. The summed E-state index contributed by atoms with van der Waals surface area (Å²) in [5, 5.41) is 3.78. The summed E-state index contributed by atoms with van der Waals surface area (Å²) in [6.07, 6.45) is -3.12. The van der Waals surface area contributed by atoms with Crippen LogP contribution in [0.4, 0.5) is 13.2 Å². The Morgan fingerprint density at radius 1 is 1.54 bits per heavy atom. The van der Waals surface area contributed by atoms with Crippen LogP contribution in [-0.2, 0) is 7.05 Å². The molecule has 3 nitrogen and oxygen atoms in total. The van der Waals surface area contributed by atoms with Crippen LogP contribution in [-0.4, -0.2) is 16.0 Å². The fourth-order valence-corrected chi connectivity index (χ4v) is 1.10. The Kier molecular flexibility index (Phi) is 2.34. The third-order valence-electron chi connectivity index (χ3n) is 1.74. The first-order valence-corrected chi connectivity index (χ1v) is 3.65. The Bertz CT molecular complexity index is 302. The molecule has 6 heteroatoms. The Balaban J connectivity index is 3.01. The van der Waals surface area contributed by atoms with E-state index in [2.05, 4.69) is 5.10 Å². The molecule has 0 fully saturated rings. The molecule has 0 radical (unpaired) electrons. The number of hydrogen-bond acceptors (Lipinski definition) is 2. The molecule has 1 atom stereocenters. The molecule has 1 aromatic heterocycles. The summed E-state index contributed by atoms with van der Waals surface area (Å²) in [7, 11) is 1.56. The van der Waals surface area contributed by atoms with Gasteiger partial charge in [-0.15, -0.1) is 0 Å². The molecule has 13 heavy (non-hydrogen) atoms. The molecule has 2 N–H and O–H groups in total. The van der Waals surface area contributed by atoms with Gasteiger partial charge in [0.05, 0.1) is 5.69 Å². The second kappa shape index (κ2) is 3.02. The molecule has 1 rings (SSSR count). The minimum atomic E-state index is -4.41. The zero-order valence-corrected chi connectivity index (χ0v) is 7.26. The average Bonchev–Trinajstić information content (AvgIpc) is 2.26. The van der Waals surface area contributed by atoms with E-state index in [1.165, 1.54) is 17.8 Å². The summed E-state index contributed by atoms with van der Waals surface area (Å²) in [6, 6.07) is -1.94. The minimum Gasteiger partial charge on any atom is -0.316 e. The number of aryl methyl sites for hydroxylation is 2. The van der Waals surface area contributed by atoms with Gasteiger partial charge in [-0.05, 0) is 6.92 Å².